The maximum absolute atomic E-state index is 13.0. The van der Waals surface area contributed by atoms with Gasteiger partial charge in [0.1, 0.15) is 10.6 Å². The highest BCUT2D eigenvalue weighted by atomic mass is 35.5. The van der Waals surface area contributed by atoms with Crippen LogP contribution in [0, 0.1) is 5.92 Å². The van der Waals surface area contributed by atoms with Gasteiger partial charge >= 0.3 is 0 Å². The van der Waals surface area contributed by atoms with Gasteiger partial charge in [-0.3, -0.25) is 0 Å². The monoisotopic (exact) mass is 330 g/mol. The zero-order valence-corrected chi connectivity index (χ0v) is 13.5. The number of ether oxygens (including phenoxy) is 1. The molecular formula is C14H19ClN2O3S. The number of nitrogens with one attached hydrogen (secondary N) is 1. The van der Waals surface area contributed by atoms with Crippen molar-refractivity contribution < 1.29 is 13.2 Å². The number of nitrogens with zero attached hydrogens (tertiary/aromatic N) is 1. The summed E-state index contributed by atoms with van der Waals surface area (Å²) >= 11 is 6.12. The molecule has 7 heteroatoms. The highest BCUT2D eigenvalue weighted by molar-refractivity contribution is 7.89. The van der Waals surface area contributed by atoms with Crippen LogP contribution >= 0.6 is 11.6 Å². The molecule has 2 atom stereocenters. The van der Waals surface area contributed by atoms with E-state index in [9.17, 15) is 8.42 Å². The van der Waals surface area contributed by atoms with Crippen molar-refractivity contribution in [2.24, 2.45) is 5.92 Å². The standard InChI is InChI=1S/C14H19ClN2O3S/c1-20-11-4-5-12(15)14(7-11)21(18,19)17-6-2-3-10-8-16-9-13(10)17/h4-5,7,10,13,16H,2-3,6,8-9H2,1H3/t10-,13+/m0/s1. The van der Waals surface area contributed by atoms with Gasteiger partial charge in [0, 0.05) is 25.2 Å². The molecule has 1 N–H and O–H groups in total. The largest absolute Gasteiger partial charge is 0.497 e. The lowest BCUT2D eigenvalue weighted by atomic mass is 9.94. The molecule has 2 heterocycles. The van der Waals surface area contributed by atoms with Gasteiger partial charge in [-0.05, 0) is 37.4 Å². The van der Waals surface area contributed by atoms with Crippen LogP contribution in [0.25, 0.3) is 0 Å². The van der Waals surface area contributed by atoms with Crippen molar-refractivity contribution in [2.45, 2.75) is 23.8 Å². The van der Waals surface area contributed by atoms with Gasteiger partial charge in [0.2, 0.25) is 10.0 Å². The van der Waals surface area contributed by atoms with E-state index in [2.05, 4.69) is 5.32 Å². The molecule has 0 unspecified atom stereocenters. The fourth-order valence-corrected chi connectivity index (χ4v) is 5.47. The van der Waals surface area contributed by atoms with Crippen LogP contribution in [0.4, 0.5) is 0 Å². The predicted molar refractivity (Wildman–Crippen MR) is 81.3 cm³/mol. The van der Waals surface area contributed by atoms with E-state index in [1.165, 1.54) is 13.2 Å². The van der Waals surface area contributed by atoms with E-state index in [0.29, 0.717) is 24.8 Å². The van der Waals surface area contributed by atoms with E-state index in [4.69, 9.17) is 16.3 Å². The van der Waals surface area contributed by atoms with Crippen LogP contribution < -0.4 is 10.1 Å². The lowest BCUT2D eigenvalue weighted by Crippen LogP contribution is -2.48. The maximum atomic E-state index is 13.0. The molecule has 0 aliphatic carbocycles. The second kappa shape index (κ2) is 5.76. The Balaban J connectivity index is 2.00. The predicted octanol–water partition coefficient (Wildman–Crippen LogP) is 1.72. The number of benzene rings is 1. The van der Waals surface area contributed by atoms with E-state index in [0.717, 1.165) is 19.4 Å². The average Bonchev–Trinajstić information content (AvgIpc) is 2.95. The summed E-state index contributed by atoms with van der Waals surface area (Å²) in [7, 11) is -2.09. The van der Waals surface area contributed by atoms with Crippen LogP contribution in [0.2, 0.25) is 5.02 Å². The van der Waals surface area contributed by atoms with Crippen molar-refractivity contribution in [3.63, 3.8) is 0 Å². The first-order valence-electron chi connectivity index (χ1n) is 7.10. The third-order valence-corrected chi connectivity index (χ3v) is 6.76. The van der Waals surface area contributed by atoms with Gasteiger partial charge in [-0.1, -0.05) is 11.6 Å². The average molecular weight is 331 g/mol. The van der Waals surface area contributed by atoms with Gasteiger partial charge in [-0.25, -0.2) is 8.42 Å². The third kappa shape index (κ3) is 2.65. The van der Waals surface area contributed by atoms with Crippen molar-refractivity contribution in [2.75, 3.05) is 26.7 Å². The number of piperidine rings is 1. The number of sulfonamides is 1. The SMILES string of the molecule is COc1ccc(Cl)c(S(=O)(=O)N2CCC[C@H]3CNC[C@H]32)c1. The Morgan fingerprint density at radius 3 is 2.95 bits per heavy atom. The molecule has 1 aromatic carbocycles. The summed E-state index contributed by atoms with van der Waals surface area (Å²) in [5.74, 6) is 0.897. The molecule has 0 radical (unpaired) electrons. The first-order chi connectivity index (χ1) is 10.0. The number of rotatable bonds is 3. The number of methoxy groups -OCH3 is 1. The van der Waals surface area contributed by atoms with E-state index in [-0.39, 0.29) is 16.0 Å². The van der Waals surface area contributed by atoms with Gasteiger partial charge in [0.15, 0.2) is 0 Å². The highest BCUT2D eigenvalue weighted by Crippen LogP contribution is 2.34. The van der Waals surface area contributed by atoms with E-state index in [1.807, 2.05) is 0 Å². The number of halogens is 1. The van der Waals surface area contributed by atoms with Crippen LogP contribution in [0.5, 0.6) is 5.75 Å². The summed E-state index contributed by atoms with van der Waals surface area (Å²) in [4.78, 5) is 0.135. The lowest BCUT2D eigenvalue weighted by Gasteiger charge is -2.36. The minimum atomic E-state index is -3.60. The summed E-state index contributed by atoms with van der Waals surface area (Å²) in [5.41, 5.74) is 0. The fourth-order valence-electron chi connectivity index (χ4n) is 3.26. The van der Waals surface area contributed by atoms with Crippen molar-refractivity contribution in [3.8, 4) is 5.75 Å². The molecule has 116 valence electrons. The maximum Gasteiger partial charge on any atom is 0.244 e. The molecule has 0 saturated carbocycles. The van der Waals surface area contributed by atoms with Crippen molar-refractivity contribution in [1.29, 1.82) is 0 Å². The summed E-state index contributed by atoms with van der Waals surface area (Å²) in [6, 6.07) is 4.77. The Bertz CT molecular complexity index is 635. The van der Waals surface area contributed by atoms with Crippen molar-refractivity contribution in [1.82, 2.24) is 9.62 Å². The van der Waals surface area contributed by atoms with E-state index >= 15 is 0 Å². The smallest absolute Gasteiger partial charge is 0.244 e. The van der Waals surface area contributed by atoms with Crippen LogP contribution in [-0.4, -0.2) is 45.5 Å². The molecule has 0 aromatic heterocycles. The normalized spacial score (nSPS) is 26.6. The second-order valence-electron chi connectivity index (χ2n) is 5.54. The number of hydrogen-bond donors (Lipinski definition) is 1. The van der Waals surface area contributed by atoms with Gasteiger partial charge in [0.05, 0.1) is 12.1 Å². The summed E-state index contributed by atoms with van der Waals surface area (Å²) < 4.78 is 32.7. The molecule has 2 saturated heterocycles. The molecule has 2 fully saturated rings. The molecule has 2 aliphatic heterocycles. The zero-order valence-electron chi connectivity index (χ0n) is 11.9. The molecule has 2 aliphatic rings. The highest BCUT2D eigenvalue weighted by Gasteiger charge is 2.42. The summed E-state index contributed by atoms with van der Waals surface area (Å²) in [6.45, 7) is 2.16. The molecule has 0 spiro atoms. The summed E-state index contributed by atoms with van der Waals surface area (Å²) in [6.07, 6.45) is 1.97. The first-order valence-corrected chi connectivity index (χ1v) is 8.92. The van der Waals surface area contributed by atoms with Crippen molar-refractivity contribution in [3.05, 3.63) is 23.2 Å². The molecular weight excluding hydrogens is 312 g/mol. The Kier molecular flexibility index (Phi) is 4.14. The second-order valence-corrected chi connectivity index (χ2v) is 7.81. The Morgan fingerprint density at radius 1 is 1.38 bits per heavy atom. The Morgan fingerprint density at radius 2 is 2.19 bits per heavy atom. The van der Waals surface area contributed by atoms with Gasteiger partial charge in [-0.15, -0.1) is 0 Å². The van der Waals surface area contributed by atoms with E-state index in [1.54, 1.807) is 16.4 Å². The molecule has 0 amide bonds. The lowest BCUT2D eigenvalue weighted by molar-refractivity contribution is 0.217. The Labute approximate surface area is 130 Å². The molecule has 21 heavy (non-hydrogen) atoms. The minimum Gasteiger partial charge on any atom is -0.497 e. The van der Waals surface area contributed by atoms with Gasteiger partial charge in [-0.2, -0.15) is 4.31 Å². The zero-order chi connectivity index (χ0) is 15.0. The third-order valence-electron chi connectivity index (χ3n) is 4.35. The van der Waals surface area contributed by atoms with Gasteiger partial charge in [0.25, 0.3) is 0 Å². The van der Waals surface area contributed by atoms with Crippen LogP contribution in [0.15, 0.2) is 23.1 Å². The Hall–Kier alpha value is -0.820. The topological polar surface area (TPSA) is 58.6 Å². The van der Waals surface area contributed by atoms with Crippen molar-refractivity contribution >= 4 is 21.6 Å². The van der Waals surface area contributed by atoms with Crippen LogP contribution in [0.1, 0.15) is 12.8 Å². The fraction of sp³-hybridized carbons (Fsp3) is 0.571. The number of hydrogen-bond acceptors (Lipinski definition) is 4. The number of fused-ring (bicyclic) bond motifs is 1. The van der Waals surface area contributed by atoms with Crippen LogP contribution in [-0.2, 0) is 10.0 Å². The molecule has 1 aromatic rings. The van der Waals surface area contributed by atoms with Crippen LogP contribution in [0.3, 0.4) is 0 Å². The molecule has 0 bridgehead atoms. The molecule has 5 nitrogen and oxygen atoms in total. The van der Waals surface area contributed by atoms with E-state index < -0.39 is 10.0 Å². The first kappa shape index (κ1) is 15.1. The minimum absolute atomic E-state index is 0.0333. The molecule has 3 rings (SSSR count). The summed E-state index contributed by atoms with van der Waals surface area (Å²) in [5, 5.41) is 3.53. The quantitative estimate of drug-likeness (QED) is 0.917. The van der Waals surface area contributed by atoms with Gasteiger partial charge < -0.3 is 10.1 Å².